The summed E-state index contributed by atoms with van der Waals surface area (Å²) < 4.78 is 5.13. The summed E-state index contributed by atoms with van der Waals surface area (Å²) in [5.74, 6) is 0.979. The van der Waals surface area contributed by atoms with E-state index in [4.69, 9.17) is 4.74 Å². The maximum absolute atomic E-state index is 12.2. The first-order chi connectivity index (χ1) is 7.72. The van der Waals surface area contributed by atoms with Crippen molar-refractivity contribution in [2.45, 2.75) is 26.2 Å². The highest BCUT2D eigenvalue weighted by Gasteiger charge is 2.17. The summed E-state index contributed by atoms with van der Waals surface area (Å²) in [6.45, 7) is 1.95. The molecule has 0 amide bonds. The lowest BCUT2D eigenvalue weighted by atomic mass is 9.98. The van der Waals surface area contributed by atoms with E-state index in [1.807, 2.05) is 25.1 Å². The minimum Gasteiger partial charge on any atom is -0.497 e. The molecule has 1 aromatic rings. The number of Topliss-reactive ketones (excluding diaryl/α,β-unsaturated/α-hetero) is 1. The molecule has 0 heterocycles. The number of carbonyl (C=O) groups is 1. The highest BCUT2D eigenvalue weighted by Crippen LogP contribution is 2.25. The van der Waals surface area contributed by atoms with E-state index in [1.54, 1.807) is 7.11 Å². The molecule has 0 aliphatic heterocycles. The molecule has 0 aromatic heterocycles. The van der Waals surface area contributed by atoms with Crippen LogP contribution < -0.4 is 4.74 Å². The number of ketones is 1. The van der Waals surface area contributed by atoms with Gasteiger partial charge in [-0.15, -0.1) is 0 Å². The number of allylic oxidation sites excluding steroid dienone is 2. The van der Waals surface area contributed by atoms with Gasteiger partial charge in [-0.05, 0) is 55.5 Å². The van der Waals surface area contributed by atoms with E-state index in [2.05, 4.69) is 6.08 Å². The number of carbonyl (C=O) groups excluding carboxylic acids is 1. The number of hydrogen-bond acceptors (Lipinski definition) is 2. The summed E-state index contributed by atoms with van der Waals surface area (Å²) in [4.78, 5) is 12.2. The normalized spacial score (nSPS) is 14.8. The zero-order valence-corrected chi connectivity index (χ0v) is 9.75. The second kappa shape index (κ2) is 4.52. The molecule has 2 nitrogen and oxygen atoms in total. The maximum atomic E-state index is 12.2. The van der Waals surface area contributed by atoms with Crippen molar-refractivity contribution in [3.63, 3.8) is 0 Å². The molecule has 0 spiro atoms. The van der Waals surface area contributed by atoms with E-state index in [1.165, 1.54) is 0 Å². The van der Waals surface area contributed by atoms with Crippen LogP contribution in [0.4, 0.5) is 0 Å². The van der Waals surface area contributed by atoms with Crippen molar-refractivity contribution in [3.05, 3.63) is 41.0 Å². The molecule has 0 saturated carbocycles. The monoisotopic (exact) mass is 216 g/mol. The minimum atomic E-state index is 0.178. The van der Waals surface area contributed by atoms with E-state index in [-0.39, 0.29) is 5.78 Å². The van der Waals surface area contributed by atoms with E-state index in [0.717, 1.165) is 41.7 Å². The second-order valence-corrected chi connectivity index (χ2v) is 4.13. The first-order valence-corrected chi connectivity index (χ1v) is 5.61. The molecule has 0 unspecified atom stereocenters. The molecule has 0 atom stereocenters. The van der Waals surface area contributed by atoms with E-state index in [0.29, 0.717) is 0 Å². The van der Waals surface area contributed by atoms with Gasteiger partial charge in [0.25, 0.3) is 0 Å². The highest BCUT2D eigenvalue weighted by atomic mass is 16.5. The van der Waals surface area contributed by atoms with Crippen molar-refractivity contribution in [1.82, 2.24) is 0 Å². The van der Waals surface area contributed by atoms with Gasteiger partial charge in [-0.25, -0.2) is 0 Å². The Morgan fingerprint density at radius 1 is 1.38 bits per heavy atom. The Kier molecular flexibility index (Phi) is 3.09. The Bertz CT molecular complexity index is 444. The van der Waals surface area contributed by atoms with Crippen molar-refractivity contribution in [2.75, 3.05) is 7.11 Å². The van der Waals surface area contributed by atoms with E-state index >= 15 is 0 Å². The summed E-state index contributed by atoms with van der Waals surface area (Å²) in [6.07, 6.45) is 5.13. The Morgan fingerprint density at radius 2 is 2.19 bits per heavy atom. The van der Waals surface area contributed by atoms with Gasteiger partial charge in [-0.3, -0.25) is 4.79 Å². The van der Waals surface area contributed by atoms with Crippen molar-refractivity contribution in [2.24, 2.45) is 0 Å². The van der Waals surface area contributed by atoms with Crippen molar-refractivity contribution in [3.8, 4) is 5.75 Å². The van der Waals surface area contributed by atoms with Crippen LogP contribution in [0.3, 0.4) is 0 Å². The first kappa shape index (κ1) is 10.9. The fraction of sp³-hybridized carbons (Fsp3) is 0.357. The molecule has 1 aliphatic rings. The SMILES string of the molecule is COc1ccc(C(=O)C2=CCCC2)c(C)c1. The van der Waals surface area contributed by atoms with E-state index < -0.39 is 0 Å². The number of aryl methyl sites for hydroxylation is 1. The van der Waals surface area contributed by atoms with Gasteiger partial charge in [0.1, 0.15) is 5.75 Å². The smallest absolute Gasteiger partial charge is 0.188 e. The average molecular weight is 216 g/mol. The lowest BCUT2D eigenvalue weighted by Gasteiger charge is -2.07. The van der Waals surface area contributed by atoms with Crippen LogP contribution in [0.2, 0.25) is 0 Å². The van der Waals surface area contributed by atoms with Gasteiger partial charge in [0, 0.05) is 5.56 Å². The van der Waals surface area contributed by atoms with Crippen LogP contribution in [0.15, 0.2) is 29.8 Å². The average Bonchev–Trinajstić information content (AvgIpc) is 2.81. The molecule has 1 aromatic carbocycles. The first-order valence-electron chi connectivity index (χ1n) is 5.61. The molecule has 84 valence electrons. The molecule has 2 heteroatoms. The third-order valence-corrected chi connectivity index (χ3v) is 3.01. The van der Waals surface area contributed by atoms with Crippen LogP contribution in [-0.4, -0.2) is 12.9 Å². The Labute approximate surface area is 95.9 Å². The molecule has 0 fully saturated rings. The number of rotatable bonds is 3. The third-order valence-electron chi connectivity index (χ3n) is 3.01. The zero-order valence-electron chi connectivity index (χ0n) is 9.75. The number of benzene rings is 1. The summed E-state index contributed by atoms with van der Waals surface area (Å²) in [5, 5.41) is 0. The van der Waals surface area contributed by atoms with Crippen LogP contribution in [0.1, 0.15) is 35.2 Å². The predicted octanol–water partition coefficient (Wildman–Crippen LogP) is 3.30. The van der Waals surface area contributed by atoms with Crippen LogP contribution in [0, 0.1) is 6.92 Å². The van der Waals surface area contributed by atoms with Gasteiger partial charge in [0.15, 0.2) is 5.78 Å². The molecule has 0 radical (unpaired) electrons. The van der Waals surface area contributed by atoms with Gasteiger partial charge in [0.05, 0.1) is 7.11 Å². The highest BCUT2D eigenvalue weighted by molar-refractivity contribution is 6.09. The summed E-state index contributed by atoms with van der Waals surface area (Å²) >= 11 is 0. The maximum Gasteiger partial charge on any atom is 0.188 e. The third kappa shape index (κ3) is 2.01. The zero-order chi connectivity index (χ0) is 11.5. The van der Waals surface area contributed by atoms with Crippen LogP contribution >= 0.6 is 0 Å². The standard InChI is InChI=1S/C14H16O2/c1-10-9-12(16-2)7-8-13(10)14(15)11-5-3-4-6-11/h5,7-9H,3-4,6H2,1-2H3. The van der Waals surface area contributed by atoms with Crippen molar-refractivity contribution < 1.29 is 9.53 Å². The topological polar surface area (TPSA) is 26.3 Å². The second-order valence-electron chi connectivity index (χ2n) is 4.13. The molecule has 0 N–H and O–H groups in total. The van der Waals surface area contributed by atoms with Crippen LogP contribution in [0.5, 0.6) is 5.75 Å². The minimum absolute atomic E-state index is 0.178. The van der Waals surface area contributed by atoms with Gasteiger partial charge in [-0.2, -0.15) is 0 Å². The Hall–Kier alpha value is -1.57. The molecule has 1 aliphatic carbocycles. The number of hydrogen-bond donors (Lipinski definition) is 0. The van der Waals surface area contributed by atoms with Gasteiger partial charge in [-0.1, -0.05) is 6.08 Å². The van der Waals surface area contributed by atoms with Gasteiger partial charge < -0.3 is 4.74 Å². The number of methoxy groups -OCH3 is 1. The van der Waals surface area contributed by atoms with Gasteiger partial charge in [0.2, 0.25) is 0 Å². The fourth-order valence-corrected chi connectivity index (χ4v) is 2.07. The number of ether oxygens (including phenoxy) is 1. The largest absolute Gasteiger partial charge is 0.497 e. The van der Waals surface area contributed by atoms with Crippen LogP contribution in [-0.2, 0) is 0 Å². The van der Waals surface area contributed by atoms with E-state index in [9.17, 15) is 4.79 Å². The molecule has 0 saturated heterocycles. The quantitative estimate of drug-likeness (QED) is 0.725. The molecular weight excluding hydrogens is 200 g/mol. The molecule has 0 bridgehead atoms. The predicted molar refractivity (Wildman–Crippen MR) is 64.0 cm³/mol. The lowest BCUT2D eigenvalue weighted by molar-refractivity contribution is 0.103. The summed E-state index contributed by atoms with van der Waals surface area (Å²) in [7, 11) is 1.63. The van der Waals surface area contributed by atoms with Crippen molar-refractivity contribution in [1.29, 1.82) is 0 Å². The molecule has 2 rings (SSSR count). The summed E-state index contributed by atoms with van der Waals surface area (Å²) in [6, 6.07) is 5.61. The molecular formula is C14H16O2. The molecule has 16 heavy (non-hydrogen) atoms. The van der Waals surface area contributed by atoms with Gasteiger partial charge >= 0.3 is 0 Å². The lowest BCUT2D eigenvalue weighted by Crippen LogP contribution is -2.04. The fourth-order valence-electron chi connectivity index (χ4n) is 2.07. The van der Waals surface area contributed by atoms with Crippen molar-refractivity contribution >= 4 is 5.78 Å². The summed E-state index contributed by atoms with van der Waals surface area (Å²) in [5.41, 5.74) is 2.75. The Morgan fingerprint density at radius 3 is 2.75 bits per heavy atom. The Balaban J connectivity index is 2.30. The van der Waals surface area contributed by atoms with Crippen LogP contribution in [0.25, 0.3) is 0 Å².